The first kappa shape index (κ1) is 44.9. The standard InChI is InChI=1S/C41H39F4N4O8PS/c1-4-17-54-58(51,55-18-5-2)56-22-31-10-8-11-35(43)39(31)40(50)57-41(25-49-27-47-26-48-49,34-16-15-32(42)20-37(34)45)28(3)59-33-23-52-38(53-24-33)12-7-6-9-30-14-13-29(21-46)19-36(30)44/h4-16,19-20,26-28,33,38H,1-2,17-18,22-25H2,3H3/t28-,33-,38-,41-/m1/s1. The summed E-state index contributed by atoms with van der Waals surface area (Å²) in [4.78, 5) is 18.3. The van der Waals surface area contributed by atoms with Gasteiger partial charge in [0.05, 0.1) is 56.5 Å². The maximum absolute atomic E-state index is 16.0. The zero-order valence-electron chi connectivity index (χ0n) is 31.6. The molecule has 0 aliphatic carbocycles. The fourth-order valence-electron chi connectivity index (χ4n) is 5.81. The number of hydrogen-bond donors (Lipinski definition) is 0. The van der Waals surface area contributed by atoms with Crippen LogP contribution in [0.15, 0.2) is 111 Å². The van der Waals surface area contributed by atoms with Crippen molar-refractivity contribution in [2.24, 2.45) is 0 Å². The summed E-state index contributed by atoms with van der Waals surface area (Å²) in [6.45, 7) is 7.46. The minimum atomic E-state index is -4.27. The van der Waals surface area contributed by atoms with E-state index >= 15 is 8.78 Å². The quantitative estimate of drug-likeness (QED) is 0.0276. The van der Waals surface area contributed by atoms with Crippen molar-refractivity contribution >= 4 is 31.6 Å². The van der Waals surface area contributed by atoms with Crippen LogP contribution in [-0.2, 0) is 51.1 Å². The third-order valence-corrected chi connectivity index (χ3v) is 11.5. The maximum Gasteiger partial charge on any atom is 0.475 e. The first-order valence-electron chi connectivity index (χ1n) is 17.9. The van der Waals surface area contributed by atoms with Crippen molar-refractivity contribution in [2.75, 3.05) is 26.4 Å². The fraction of sp³-hybridized carbons (Fsp3) is 0.268. The highest BCUT2D eigenvalue weighted by Crippen LogP contribution is 2.50. The Morgan fingerprint density at radius 1 is 1.03 bits per heavy atom. The molecule has 1 saturated heterocycles. The maximum atomic E-state index is 16.0. The number of ether oxygens (including phenoxy) is 3. The van der Waals surface area contributed by atoms with Gasteiger partial charge < -0.3 is 14.2 Å². The Morgan fingerprint density at radius 2 is 1.78 bits per heavy atom. The molecule has 4 aromatic rings. The minimum absolute atomic E-state index is 0.112. The Hall–Kier alpha value is -5.18. The first-order valence-corrected chi connectivity index (χ1v) is 20.3. The number of benzene rings is 3. The van der Waals surface area contributed by atoms with E-state index in [9.17, 15) is 18.1 Å². The molecule has 3 aromatic carbocycles. The lowest BCUT2D eigenvalue weighted by atomic mass is 9.89. The molecular weight excluding hydrogens is 816 g/mol. The van der Waals surface area contributed by atoms with Gasteiger partial charge in [0.25, 0.3) is 0 Å². The van der Waals surface area contributed by atoms with Crippen molar-refractivity contribution < 1.29 is 54.7 Å². The lowest BCUT2D eigenvalue weighted by Gasteiger charge is -2.40. The number of nitrogens with zero attached hydrogens (tertiary/aromatic N) is 4. The van der Waals surface area contributed by atoms with Crippen molar-refractivity contribution in [3.63, 3.8) is 0 Å². The van der Waals surface area contributed by atoms with Crippen LogP contribution >= 0.6 is 19.6 Å². The number of hydrogen-bond acceptors (Lipinski definition) is 12. The summed E-state index contributed by atoms with van der Waals surface area (Å²) >= 11 is 1.21. The van der Waals surface area contributed by atoms with Crippen LogP contribution in [0.25, 0.3) is 6.08 Å². The average Bonchev–Trinajstić information content (AvgIpc) is 3.74. The summed E-state index contributed by atoms with van der Waals surface area (Å²) in [5.41, 5.74) is -2.52. The second-order valence-electron chi connectivity index (χ2n) is 12.7. The van der Waals surface area contributed by atoms with Crippen molar-refractivity contribution in [1.29, 1.82) is 5.26 Å². The number of esters is 1. The summed E-state index contributed by atoms with van der Waals surface area (Å²) in [5.74, 6) is -4.80. The van der Waals surface area contributed by atoms with Crippen molar-refractivity contribution in [1.82, 2.24) is 14.8 Å². The van der Waals surface area contributed by atoms with Gasteiger partial charge in [-0.05, 0) is 48.9 Å². The number of carbonyl (C=O) groups is 1. The monoisotopic (exact) mass is 854 g/mol. The molecule has 0 spiro atoms. The smallest absolute Gasteiger partial charge is 0.447 e. The number of phosphoric ester groups is 1. The number of carbonyl (C=O) groups excluding carboxylic acids is 1. The zero-order chi connectivity index (χ0) is 42.4. The molecule has 2 atom stereocenters. The zero-order valence-corrected chi connectivity index (χ0v) is 33.3. The van der Waals surface area contributed by atoms with Crippen LogP contribution in [-0.4, -0.2) is 64.0 Å². The van der Waals surface area contributed by atoms with Gasteiger partial charge in [0.15, 0.2) is 11.9 Å². The van der Waals surface area contributed by atoms with Crippen molar-refractivity contribution in [2.45, 2.75) is 42.5 Å². The molecule has 0 saturated carbocycles. The number of allylic oxidation sites excluding steroid dienone is 2. The van der Waals surface area contributed by atoms with Gasteiger partial charge in [-0.2, -0.15) is 10.4 Å². The highest BCUT2D eigenvalue weighted by atomic mass is 32.2. The minimum Gasteiger partial charge on any atom is -0.447 e. The molecule has 1 fully saturated rings. The molecule has 0 bridgehead atoms. The number of phosphoric acid groups is 1. The normalized spacial score (nSPS) is 17.4. The van der Waals surface area contributed by atoms with Gasteiger partial charge in [-0.15, -0.1) is 24.9 Å². The van der Waals surface area contributed by atoms with Crippen LogP contribution in [0.4, 0.5) is 17.6 Å². The van der Waals surface area contributed by atoms with Crippen LogP contribution in [0.5, 0.6) is 0 Å². The number of aromatic nitrogens is 3. The third-order valence-electron chi connectivity index (χ3n) is 8.64. The van der Waals surface area contributed by atoms with Gasteiger partial charge in [0.2, 0.25) is 0 Å². The molecule has 0 unspecified atom stereocenters. The van der Waals surface area contributed by atoms with Gasteiger partial charge in [-0.25, -0.2) is 36.6 Å². The van der Waals surface area contributed by atoms with Crippen molar-refractivity contribution in [3.05, 3.63) is 162 Å². The third kappa shape index (κ3) is 12.0. The molecule has 1 aliphatic rings. The molecule has 1 aliphatic heterocycles. The van der Waals surface area contributed by atoms with E-state index in [2.05, 4.69) is 23.2 Å². The molecule has 1 aromatic heterocycles. The summed E-state index contributed by atoms with van der Waals surface area (Å²) in [6, 6.07) is 12.4. The Bertz CT molecular complexity index is 2230. The fourth-order valence-corrected chi connectivity index (χ4v) is 8.27. The highest BCUT2D eigenvalue weighted by molar-refractivity contribution is 8.00. The van der Waals surface area contributed by atoms with E-state index in [0.29, 0.717) is 6.07 Å². The molecule has 310 valence electrons. The summed E-state index contributed by atoms with van der Waals surface area (Å²) in [5, 5.41) is 11.8. The van der Waals surface area contributed by atoms with E-state index in [1.54, 1.807) is 25.2 Å². The number of nitriles is 1. The summed E-state index contributed by atoms with van der Waals surface area (Å²) in [6.07, 6.45) is 10.7. The summed E-state index contributed by atoms with van der Waals surface area (Å²) in [7, 11) is -4.27. The molecule has 2 heterocycles. The SMILES string of the molecule is C=CCOP(=O)(OCC=C)OCc1cccc(F)c1C(=O)O[C@@](Cn1cncn1)(c1ccc(F)cc1F)[C@@H](C)S[C@H]1CO[C@H](C=CC=Cc2ccc(C#N)cc2F)OC1. The van der Waals surface area contributed by atoms with Gasteiger partial charge in [-0.3, -0.25) is 13.6 Å². The van der Waals surface area contributed by atoms with Crippen LogP contribution in [0.1, 0.15) is 39.5 Å². The van der Waals surface area contributed by atoms with Gasteiger partial charge in [0, 0.05) is 22.4 Å². The van der Waals surface area contributed by atoms with Gasteiger partial charge >= 0.3 is 13.8 Å². The van der Waals surface area contributed by atoms with Crippen LogP contribution < -0.4 is 0 Å². The molecule has 18 heteroatoms. The predicted molar refractivity (Wildman–Crippen MR) is 210 cm³/mol. The van der Waals surface area contributed by atoms with Crippen LogP contribution in [0.3, 0.4) is 0 Å². The van der Waals surface area contributed by atoms with Gasteiger partial charge in [-0.1, -0.05) is 48.6 Å². The Morgan fingerprint density at radius 3 is 2.42 bits per heavy atom. The van der Waals surface area contributed by atoms with Gasteiger partial charge in [0.1, 0.15) is 41.5 Å². The molecule has 5 rings (SSSR count). The van der Waals surface area contributed by atoms with Crippen molar-refractivity contribution in [3.8, 4) is 6.07 Å². The largest absolute Gasteiger partial charge is 0.475 e. The first-order chi connectivity index (χ1) is 28.4. The number of thioether (sulfide) groups is 1. The summed E-state index contributed by atoms with van der Waals surface area (Å²) < 4.78 is 109. The van der Waals surface area contributed by atoms with E-state index in [1.165, 1.54) is 71.6 Å². The molecule has 0 N–H and O–H groups in total. The van der Waals surface area contributed by atoms with E-state index in [-0.39, 0.29) is 55.2 Å². The lowest BCUT2D eigenvalue weighted by Crippen LogP contribution is -2.47. The topological polar surface area (TPSA) is 144 Å². The van der Waals surface area contributed by atoms with E-state index in [4.69, 9.17) is 33.0 Å². The molecule has 0 amide bonds. The molecular formula is C41H39F4N4O8PS. The van der Waals surface area contributed by atoms with Crippen LogP contribution in [0, 0.1) is 34.6 Å². The lowest BCUT2D eigenvalue weighted by molar-refractivity contribution is -0.146. The molecule has 12 nitrogen and oxygen atoms in total. The van der Waals surface area contributed by atoms with E-state index < -0.39 is 71.6 Å². The Balaban J connectivity index is 1.40. The molecule has 59 heavy (non-hydrogen) atoms. The second-order valence-corrected chi connectivity index (χ2v) is 16.0. The Labute approximate surface area is 342 Å². The number of rotatable bonds is 20. The average molecular weight is 855 g/mol. The highest BCUT2D eigenvalue weighted by Gasteiger charge is 2.47. The number of halogens is 4. The Kier molecular flexibility index (Phi) is 16.1. The van der Waals surface area contributed by atoms with E-state index in [1.807, 2.05) is 6.07 Å². The van der Waals surface area contributed by atoms with Crippen LogP contribution in [0.2, 0.25) is 0 Å². The molecule has 0 radical (unpaired) electrons. The van der Waals surface area contributed by atoms with E-state index in [0.717, 1.165) is 24.3 Å². The second kappa shape index (κ2) is 21.2. The predicted octanol–water partition coefficient (Wildman–Crippen LogP) is 8.62.